The molecule has 94 valence electrons. The van der Waals surface area contributed by atoms with Gasteiger partial charge in [0.05, 0.1) is 11.1 Å². The Balaban J connectivity index is 2.32. The van der Waals surface area contributed by atoms with Gasteiger partial charge in [0.2, 0.25) is 11.5 Å². The average Bonchev–Trinajstić information content (AvgIpc) is 2.82. The lowest BCUT2D eigenvalue weighted by atomic mass is 10.1. The standard InChI is InChI=1S/C14H10N2O3/c1-8-15-12(9-5-3-2-4-6-9)10-7-11(14(17)18)19-13(10)16-8/h2-7H,1H3,(H,17,18). The van der Waals surface area contributed by atoms with Crippen molar-refractivity contribution < 1.29 is 14.3 Å². The van der Waals surface area contributed by atoms with Gasteiger partial charge in [-0.1, -0.05) is 30.3 Å². The maximum absolute atomic E-state index is 11.0. The Kier molecular flexibility index (Phi) is 2.52. The van der Waals surface area contributed by atoms with Gasteiger partial charge in [0.25, 0.3) is 0 Å². The number of aryl methyl sites for hydroxylation is 1. The van der Waals surface area contributed by atoms with Crippen LogP contribution in [0.1, 0.15) is 16.4 Å². The van der Waals surface area contributed by atoms with Gasteiger partial charge in [0.15, 0.2) is 0 Å². The van der Waals surface area contributed by atoms with Crippen molar-refractivity contribution in [3.05, 3.63) is 48.0 Å². The predicted octanol–water partition coefficient (Wildman–Crippen LogP) is 2.90. The first-order chi connectivity index (χ1) is 9.15. The van der Waals surface area contributed by atoms with Crippen molar-refractivity contribution in [1.82, 2.24) is 9.97 Å². The Labute approximate surface area is 108 Å². The fourth-order valence-electron chi connectivity index (χ4n) is 1.95. The summed E-state index contributed by atoms with van der Waals surface area (Å²) in [6.45, 7) is 1.74. The predicted molar refractivity (Wildman–Crippen MR) is 68.9 cm³/mol. The van der Waals surface area contributed by atoms with Crippen LogP contribution in [0, 0.1) is 6.92 Å². The molecule has 0 saturated heterocycles. The number of hydrogen-bond acceptors (Lipinski definition) is 4. The number of hydrogen-bond donors (Lipinski definition) is 1. The topological polar surface area (TPSA) is 76.2 Å². The monoisotopic (exact) mass is 254 g/mol. The number of nitrogens with zero attached hydrogens (tertiary/aromatic N) is 2. The van der Waals surface area contributed by atoms with Gasteiger partial charge in [-0.2, -0.15) is 4.98 Å². The molecule has 0 atom stereocenters. The van der Waals surface area contributed by atoms with E-state index in [1.54, 1.807) is 6.92 Å². The lowest BCUT2D eigenvalue weighted by Gasteiger charge is -2.02. The van der Waals surface area contributed by atoms with Crippen LogP contribution in [0.4, 0.5) is 0 Å². The second kappa shape index (κ2) is 4.20. The number of benzene rings is 1. The Bertz CT molecular complexity index is 763. The van der Waals surface area contributed by atoms with Crippen LogP contribution >= 0.6 is 0 Å². The molecule has 0 aliphatic rings. The first-order valence-electron chi connectivity index (χ1n) is 5.72. The van der Waals surface area contributed by atoms with Crippen molar-refractivity contribution >= 4 is 17.1 Å². The maximum Gasteiger partial charge on any atom is 0.371 e. The largest absolute Gasteiger partial charge is 0.475 e. The lowest BCUT2D eigenvalue weighted by Crippen LogP contribution is -1.91. The molecule has 0 radical (unpaired) electrons. The van der Waals surface area contributed by atoms with Crippen molar-refractivity contribution in [1.29, 1.82) is 0 Å². The average molecular weight is 254 g/mol. The summed E-state index contributed by atoms with van der Waals surface area (Å²) >= 11 is 0. The Hall–Kier alpha value is -2.69. The molecule has 1 aromatic carbocycles. The molecule has 3 aromatic rings. The molecule has 0 aliphatic heterocycles. The van der Waals surface area contributed by atoms with E-state index in [1.165, 1.54) is 6.07 Å². The van der Waals surface area contributed by atoms with E-state index in [-0.39, 0.29) is 5.76 Å². The summed E-state index contributed by atoms with van der Waals surface area (Å²) in [6, 6.07) is 11.0. The van der Waals surface area contributed by atoms with Crippen LogP contribution in [-0.2, 0) is 0 Å². The van der Waals surface area contributed by atoms with Gasteiger partial charge in [0, 0.05) is 11.6 Å². The van der Waals surface area contributed by atoms with E-state index < -0.39 is 5.97 Å². The van der Waals surface area contributed by atoms with Crippen molar-refractivity contribution in [2.45, 2.75) is 6.92 Å². The number of fused-ring (bicyclic) bond motifs is 1. The normalized spacial score (nSPS) is 10.8. The van der Waals surface area contributed by atoms with E-state index in [1.807, 2.05) is 30.3 Å². The number of aromatic nitrogens is 2. The third-order valence-corrected chi connectivity index (χ3v) is 2.76. The number of carboxylic acids is 1. The minimum Gasteiger partial charge on any atom is -0.475 e. The number of carboxylic acid groups (broad SMARTS) is 1. The molecular formula is C14H10N2O3. The third-order valence-electron chi connectivity index (χ3n) is 2.76. The highest BCUT2D eigenvalue weighted by Gasteiger charge is 2.16. The van der Waals surface area contributed by atoms with Gasteiger partial charge >= 0.3 is 5.97 Å². The van der Waals surface area contributed by atoms with Gasteiger partial charge in [-0.05, 0) is 6.92 Å². The van der Waals surface area contributed by atoms with Gasteiger partial charge in [-0.25, -0.2) is 9.78 Å². The molecule has 0 fully saturated rings. The molecule has 2 aromatic heterocycles. The highest BCUT2D eigenvalue weighted by atomic mass is 16.4. The van der Waals surface area contributed by atoms with E-state index in [9.17, 15) is 4.79 Å². The first-order valence-corrected chi connectivity index (χ1v) is 5.72. The van der Waals surface area contributed by atoms with Crippen molar-refractivity contribution in [2.24, 2.45) is 0 Å². The molecule has 19 heavy (non-hydrogen) atoms. The summed E-state index contributed by atoms with van der Waals surface area (Å²) in [7, 11) is 0. The van der Waals surface area contributed by atoms with E-state index >= 15 is 0 Å². The molecule has 0 aliphatic carbocycles. The summed E-state index contributed by atoms with van der Waals surface area (Å²) in [5.41, 5.74) is 1.87. The Morgan fingerprint density at radius 3 is 2.63 bits per heavy atom. The van der Waals surface area contributed by atoms with Crippen molar-refractivity contribution in [3.63, 3.8) is 0 Å². The summed E-state index contributed by atoms with van der Waals surface area (Å²) in [5.74, 6) is -0.709. The van der Waals surface area contributed by atoms with Crippen LogP contribution in [0.25, 0.3) is 22.4 Å². The van der Waals surface area contributed by atoms with Gasteiger partial charge < -0.3 is 9.52 Å². The number of furan rings is 1. The molecule has 0 spiro atoms. The van der Waals surface area contributed by atoms with E-state index in [0.29, 0.717) is 22.6 Å². The minimum absolute atomic E-state index is 0.132. The maximum atomic E-state index is 11.0. The van der Waals surface area contributed by atoms with Crippen LogP contribution in [0.5, 0.6) is 0 Å². The summed E-state index contributed by atoms with van der Waals surface area (Å²) in [6.07, 6.45) is 0. The van der Waals surface area contributed by atoms with Gasteiger partial charge in [-0.15, -0.1) is 0 Å². The molecule has 0 amide bonds. The van der Waals surface area contributed by atoms with Crippen molar-refractivity contribution in [3.8, 4) is 11.3 Å². The Morgan fingerprint density at radius 1 is 1.21 bits per heavy atom. The number of rotatable bonds is 2. The van der Waals surface area contributed by atoms with Crippen molar-refractivity contribution in [2.75, 3.05) is 0 Å². The van der Waals surface area contributed by atoms with Crippen LogP contribution in [0.2, 0.25) is 0 Å². The highest BCUT2D eigenvalue weighted by molar-refractivity contribution is 5.96. The van der Waals surface area contributed by atoms with Crippen LogP contribution in [-0.4, -0.2) is 21.0 Å². The molecule has 0 saturated carbocycles. The number of aromatic carboxylic acids is 1. The minimum atomic E-state index is -1.12. The fraction of sp³-hybridized carbons (Fsp3) is 0.0714. The lowest BCUT2D eigenvalue weighted by molar-refractivity contribution is 0.0664. The van der Waals surface area contributed by atoms with Gasteiger partial charge in [-0.3, -0.25) is 0 Å². The van der Waals surface area contributed by atoms with Crippen LogP contribution in [0.15, 0.2) is 40.8 Å². The zero-order valence-electron chi connectivity index (χ0n) is 10.1. The van der Waals surface area contributed by atoms with Crippen LogP contribution in [0.3, 0.4) is 0 Å². The SMILES string of the molecule is Cc1nc(-c2ccccc2)c2cc(C(=O)O)oc2n1. The third kappa shape index (κ3) is 1.95. The molecule has 0 bridgehead atoms. The summed E-state index contributed by atoms with van der Waals surface area (Å²) in [5, 5.41) is 9.58. The molecule has 5 nitrogen and oxygen atoms in total. The summed E-state index contributed by atoms with van der Waals surface area (Å²) < 4.78 is 5.22. The molecule has 5 heteroatoms. The highest BCUT2D eigenvalue weighted by Crippen LogP contribution is 2.28. The molecule has 1 N–H and O–H groups in total. The first kappa shape index (κ1) is 11.4. The summed E-state index contributed by atoms with van der Waals surface area (Å²) in [4.78, 5) is 19.5. The molecule has 0 unspecified atom stereocenters. The zero-order valence-corrected chi connectivity index (χ0v) is 10.1. The Morgan fingerprint density at radius 2 is 1.95 bits per heavy atom. The molecule has 3 rings (SSSR count). The molecule has 2 heterocycles. The number of carbonyl (C=O) groups is 1. The van der Waals surface area contributed by atoms with E-state index in [0.717, 1.165) is 5.56 Å². The smallest absolute Gasteiger partial charge is 0.371 e. The second-order valence-electron chi connectivity index (χ2n) is 4.12. The van der Waals surface area contributed by atoms with Gasteiger partial charge in [0.1, 0.15) is 5.82 Å². The fourth-order valence-corrected chi connectivity index (χ4v) is 1.95. The van der Waals surface area contributed by atoms with E-state index in [2.05, 4.69) is 9.97 Å². The molecular weight excluding hydrogens is 244 g/mol. The quantitative estimate of drug-likeness (QED) is 0.760. The second-order valence-corrected chi connectivity index (χ2v) is 4.12. The van der Waals surface area contributed by atoms with Crippen LogP contribution < -0.4 is 0 Å². The van der Waals surface area contributed by atoms with E-state index in [4.69, 9.17) is 9.52 Å². The zero-order chi connectivity index (χ0) is 13.4.